The Kier molecular flexibility index (Phi) is 5.26. The van der Waals surface area contributed by atoms with Crippen LogP contribution in [0.3, 0.4) is 0 Å². The fourth-order valence-corrected chi connectivity index (χ4v) is 6.30. The molecule has 1 saturated heterocycles. The molecule has 4 rings (SSSR count). The quantitative estimate of drug-likeness (QED) is 0.820. The average molecular weight is 422 g/mol. The summed E-state index contributed by atoms with van der Waals surface area (Å²) >= 11 is 1.51. The number of thiazole rings is 1. The molecule has 2 aromatic rings. The van der Waals surface area contributed by atoms with Gasteiger partial charge in [0.1, 0.15) is 0 Å². The van der Waals surface area contributed by atoms with Crippen LogP contribution >= 0.6 is 11.3 Å². The molecule has 1 aromatic carbocycles. The standard InChI is InChI=1S/C19H23N3O4S2/c1-12-10-22(11-13(2)26-12)28(24,25)15-8-6-14(7-9-15)18(23)21-19-20-16-4-3-5-17(16)27-19/h6-9,12-13H,3-5,10-11H2,1-2H3,(H,20,21,23)/t12-,13+. The molecule has 0 radical (unpaired) electrons. The second-order valence-corrected chi connectivity index (χ2v) is 10.3. The second-order valence-electron chi connectivity index (χ2n) is 7.30. The first-order chi connectivity index (χ1) is 13.3. The minimum Gasteiger partial charge on any atom is -0.373 e. The highest BCUT2D eigenvalue weighted by Crippen LogP contribution is 2.30. The van der Waals surface area contributed by atoms with E-state index in [1.165, 1.54) is 44.8 Å². The summed E-state index contributed by atoms with van der Waals surface area (Å²) < 4.78 is 32.8. The van der Waals surface area contributed by atoms with E-state index in [9.17, 15) is 13.2 Å². The van der Waals surface area contributed by atoms with E-state index in [-0.39, 0.29) is 23.0 Å². The maximum atomic E-state index is 12.9. The molecule has 1 amide bonds. The molecule has 0 bridgehead atoms. The first-order valence-electron chi connectivity index (χ1n) is 9.38. The molecule has 1 N–H and O–H groups in total. The molecular weight excluding hydrogens is 398 g/mol. The van der Waals surface area contributed by atoms with E-state index in [4.69, 9.17) is 4.74 Å². The van der Waals surface area contributed by atoms with Crippen molar-refractivity contribution in [2.75, 3.05) is 18.4 Å². The number of sulfonamides is 1. The van der Waals surface area contributed by atoms with Gasteiger partial charge in [-0.05, 0) is 57.4 Å². The number of nitrogens with zero attached hydrogens (tertiary/aromatic N) is 2. The third kappa shape index (κ3) is 3.84. The number of aryl methyl sites for hydroxylation is 2. The molecule has 1 aliphatic carbocycles. The summed E-state index contributed by atoms with van der Waals surface area (Å²) in [4.78, 5) is 18.3. The molecule has 1 aromatic heterocycles. The van der Waals surface area contributed by atoms with E-state index in [0.717, 1.165) is 25.0 Å². The molecule has 0 saturated carbocycles. The molecule has 1 aliphatic heterocycles. The number of hydrogen-bond donors (Lipinski definition) is 1. The van der Waals surface area contributed by atoms with E-state index in [1.54, 1.807) is 0 Å². The van der Waals surface area contributed by atoms with Crippen molar-refractivity contribution in [2.45, 2.75) is 50.2 Å². The van der Waals surface area contributed by atoms with Crippen molar-refractivity contribution in [1.82, 2.24) is 9.29 Å². The van der Waals surface area contributed by atoms with Crippen LogP contribution in [0.15, 0.2) is 29.2 Å². The van der Waals surface area contributed by atoms with Crippen LogP contribution in [0.25, 0.3) is 0 Å². The summed E-state index contributed by atoms with van der Waals surface area (Å²) in [5, 5.41) is 3.41. The van der Waals surface area contributed by atoms with Crippen molar-refractivity contribution < 1.29 is 17.9 Å². The van der Waals surface area contributed by atoms with Crippen molar-refractivity contribution in [3.63, 3.8) is 0 Å². The van der Waals surface area contributed by atoms with Gasteiger partial charge in [0.15, 0.2) is 5.13 Å². The number of benzene rings is 1. The van der Waals surface area contributed by atoms with Crippen molar-refractivity contribution in [3.8, 4) is 0 Å². The predicted molar refractivity (Wildman–Crippen MR) is 107 cm³/mol. The van der Waals surface area contributed by atoms with Crippen LogP contribution in [0.1, 0.15) is 41.2 Å². The van der Waals surface area contributed by atoms with Gasteiger partial charge in [0.2, 0.25) is 10.0 Å². The molecule has 9 heteroatoms. The van der Waals surface area contributed by atoms with Crippen LogP contribution in [-0.4, -0.2) is 48.9 Å². The molecule has 0 unspecified atom stereocenters. The van der Waals surface area contributed by atoms with Gasteiger partial charge in [-0.1, -0.05) is 0 Å². The predicted octanol–water partition coefficient (Wildman–Crippen LogP) is 2.68. The summed E-state index contributed by atoms with van der Waals surface area (Å²) in [5.41, 5.74) is 1.48. The highest BCUT2D eigenvalue weighted by atomic mass is 32.2. The van der Waals surface area contributed by atoms with E-state index in [2.05, 4.69) is 10.3 Å². The Bertz CT molecular complexity index is 954. The van der Waals surface area contributed by atoms with Crippen LogP contribution in [0.5, 0.6) is 0 Å². The van der Waals surface area contributed by atoms with Gasteiger partial charge >= 0.3 is 0 Å². The normalized spacial score (nSPS) is 22.8. The summed E-state index contributed by atoms with van der Waals surface area (Å²) in [7, 11) is -3.62. The fraction of sp³-hybridized carbons (Fsp3) is 0.474. The number of ether oxygens (including phenoxy) is 1. The molecule has 2 atom stereocenters. The fourth-order valence-electron chi connectivity index (χ4n) is 3.67. The second kappa shape index (κ2) is 7.55. The summed E-state index contributed by atoms with van der Waals surface area (Å²) in [6, 6.07) is 6.04. The van der Waals surface area contributed by atoms with E-state index in [0.29, 0.717) is 23.8 Å². The Morgan fingerprint density at radius 1 is 1.18 bits per heavy atom. The number of fused-ring (bicyclic) bond motifs is 1. The third-order valence-corrected chi connectivity index (χ3v) is 7.88. The van der Waals surface area contributed by atoms with E-state index < -0.39 is 10.0 Å². The largest absolute Gasteiger partial charge is 0.373 e. The number of carbonyl (C=O) groups is 1. The van der Waals surface area contributed by atoms with Gasteiger partial charge in [0.05, 0.1) is 22.8 Å². The lowest BCUT2D eigenvalue weighted by Crippen LogP contribution is -2.48. The first kappa shape index (κ1) is 19.5. The van der Waals surface area contributed by atoms with E-state index >= 15 is 0 Å². The smallest absolute Gasteiger partial charge is 0.257 e. The van der Waals surface area contributed by atoms with Crippen molar-refractivity contribution in [1.29, 1.82) is 0 Å². The number of hydrogen-bond acceptors (Lipinski definition) is 6. The SMILES string of the molecule is C[C@@H]1CN(S(=O)(=O)c2ccc(C(=O)Nc3nc4c(s3)CCC4)cc2)C[C@H](C)O1. The van der Waals surface area contributed by atoms with Crippen LogP contribution in [0, 0.1) is 0 Å². The maximum absolute atomic E-state index is 12.9. The lowest BCUT2D eigenvalue weighted by Gasteiger charge is -2.34. The zero-order valence-electron chi connectivity index (χ0n) is 15.8. The van der Waals surface area contributed by atoms with Crippen LogP contribution in [0.4, 0.5) is 5.13 Å². The monoisotopic (exact) mass is 421 g/mol. The molecule has 2 heterocycles. The Balaban J connectivity index is 1.47. The summed E-state index contributed by atoms with van der Waals surface area (Å²) in [6.07, 6.45) is 2.81. The Labute approximate surface area is 168 Å². The minimum absolute atomic E-state index is 0.150. The lowest BCUT2D eigenvalue weighted by molar-refractivity contribution is -0.0440. The van der Waals surface area contributed by atoms with Crippen molar-refractivity contribution in [2.24, 2.45) is 0 Å². The number of anilines is 1. The zero-order valence-corrected chi connectivity index (χ0v) is 17.5. The van der Waals surface area contributed by atoms with Gasteiger partial charge in [-0.3, -0.25) is 10.1 Å². The molecule has 7 nitrogen and oxygen atoms in total. The Morgan fingerprint density at radius 2 is 1.86 bits per heavy atom. The topological polar surface area (TPSA) is 88.6 Å². The summed E-state index contributed by atoms with van der Waals surface area (Å²) in [6.45, 7) is 4.37. The molecular formula is C19H23N3O4S2. The summed E-state index contributed by atoms with van der Waals surface area (Å²) in [5.74, 6) is -0.287. The number of morpholine rings is 1. The van der Waals surface area contributed by atoms with Gasteiger partial charge in [0, 0.05) is 23.5 Å². The van der Waals surface area contributed by atoms with Crippen LogP contribution < -0.4 is 5.32 Å². The number of carbonyl (C=O) groups excluding carboxylic acids is 1. The zero-order chi connectivity index (χ0) is 19.9. The van der Waals surface area contributed by atoms with Crippen LogP contribution in [-0.2, 0) is 27.6 Å². The van der Waals surface area contributed by atoms with E-state index in [1.807, 2.05) is 13.8 Å². The van der Waals surface area contributed by atoms with Gasteiger partial charge in [-0.2, -0.15) is 4.31 Å². The van der Waals surface area contributed by atoms with Crippen LogP contribution in [0.2, 0.25) is 0 Å². The first-order valence-corrected chi connectivity index (χ1v) is 11.6. The third-order valence-electron chi connectivity index (χ3n) is 4.96. The van der Waals surface area contributed by atoms with Gasteiger partial charge < -0.3 is 4.74 Å². The van der Waals surface area contributed by atoms with Crippen molar-refractivity contribution >= 4 is 32.4 Å². The molecule has 150 valence electrons. The Morgan fingerprint density at radius 3 is 2.50 bits per heavy atom. The molecule has 0 spiro atoms. The Hall–Kier alpha value is -1.81. The average Bonchev–Trinajstić information content (AvgIpc) is 3.22. The lowest BCUT2D eigenvalue weighted by atomic mass is 10.2. The number of nitrogens with one attached hydrogen (secondary N) is 1. The highest BCUT2D eigenvalue weighted by molar-refractivity contribution is 7.89. The van der Waals surface area contributed by atoms with Gasteiger partial charge in [0.25, 0.3) is 5.91 Å². The van der Waals surface area contributed by atoms with Gasteiger partial charge in [-0.15, -0.1) is 11.3 Å². The van der Waals surface area contributed by atoms with Crippen molar-refractivity contribution in [3.05, 3.63) is 40.4 Å². The molecule has 1 fully saturated rings. The molecule has 28 heavy (non-hydrogen) atoms. The van der Waals surface area contributed by atoms with Gasteiger partial charge in [-0.25, -0.2) is 13.4 Å². The maximum Gasteiger partial charge on any atom is 0.257 e. The number of aromatic nitrogens is 1. The highest BCUT2D eigenvalue weighted by Gasteiger charge is 2.32. The number of amides is 1. The number of rotatable bonds is 4. The molecule has 2 aliphatic rings. The minimum atomic E-state index is -3.62.